The molecule has 1 atom stereocenters. The molecule has 0 radical (unpaired) electrons. The van der Waals surface area contributed by atoms with Crippen LogP contribution in [0, 0.1) is 0 Å². The Balaban J connectivity index is 1.63. The van der Waals surface area contributed by atoms with Gasteiger partial charge in [-0.15, -0.1) is 0 Å². The molecule has 0 aromatic heterocycles. The summed E-state index contributed by atoms with van der Waals surface area (Å²) >= 11 is 2.05. The predicted molar refractivity (Wildman–Crippen MR) is 92.9 cm³/mol. The van der Waals surface area contributed by atoms with E-state index in [-0.39, 0.29) is 12.1 Å². The van der Waals surface area contributed by atoms with Gasteiger partial charge in [-0.05, 0) is 29.5 Å². The van der Waals surface area contributed by atoms with Gasteiger partial charge in [0.1, 0.15) is 0 Å². The first kappa shape index (κ1) is 16.8. The lowest BCUT2D eigenvalue weighted by atomic mass is 9.93. The van der Waals surface area contributed by atoms with Crippen molar-refractivity contribution < 1.29 is 14.3 Å². The number of benzene rings is 1. The number of thioether (sulfide) groups is 1. The van der Waals surface area contributed by atoms with E-state index in [1.54, 1.807) is 0 Å². The number of methoxy groups -OCH3 is 1. The molecule has 5 heteroatoms. The van der Waals surface area contributed by atoms with Gasteiger partial charge in [-0.1, -0.05) is 18.2 Å². The molecule has 0 N–H and O–H groups in total. The van der Waals surface area contributed by atoms with Gasteiger partial charge >= 0.3 is 5.97 Å². The van der Waals surface area contributed by atoms with Gasteiger partial charge in [0.2, 0.25) is 0 Å². The maximum absolute atomic E-state index is 11.4. The van der Waals surface area contributed by atoms with E-state index in [2.05, 4.69) is 17.0 Å². The molecule has 2 aliphatic heterocycles. The van der Waals surface area contributed by atoms with Crippen LogP contribution in [0.15, 0.2) is 18.2 Å². The van der Waals surface area contributed by atoms with Crippen LogP contribution in [-0.4, -0.2) is 55.7 Å². The van der Waals surface area contributed by atoms with Crippen molar-refractivity contribution in [2.75, 3.05) is 44.9 Å². The fraction of sp³-hybridized carbons (Fsp3) is 0.611. The average molecular weight is 335 g/mol. The average Bonchev–Trinajstić information content (AvgIpc) is 2.60. The molecular formula is C18H25NO3S. The molecule has 2 aliphatic rings. The van der Waals surface area contributed by atoms with Crippen LogP contribution in [-0.2, 0) is 27.1 Å². The number of carbonyl (C=O) groups excluding carboxylic acids is 1. The Morgan fingerprint density at radius 3 is 3.00 bits per heavy atom. The molecule has 0 amide bonds. The van der Waals surface area contributed by atoms with E-state index in [1.165, 1.54) is 42.8 Å². The summed E-state index contributed by atoms with van der Waals surface area (Å²) in [6, 6.07) is 6.33. The summed E-state index contributed by atoms with van der Waals surface area (Å²) < 4.78 is 10.8. The van der Waals surface area contributed by atoms with E-state index >= 15 is 0 Å². The molecule has 1 unspecified atom stereocenters. The van der Waals surface area contributed by atoms with Crippen LogP contribution < -0.4 is 0 Å². The van der Waals surface area contributed by atoms with Crippen LogP contribution in [0.5, 0.6) is 0 Å². The zero-order valence-electron chi connectivity index (χ0n) is 13.8. The van der Waals surface area contributed by atoms with Crippen LogP contribution in [0.2, 0.25) is 0 Å². The van der Waals surface area contributed by atoms with E-state index in [0.29, 0.717) is 6.42 Å². The van der Waals surface area contributed by atoms with Gasteiger partial charge in [0.15, 0.2) is 0 Å². The van der Waals surface area contributed by atoms with E-state index in [1.807, 2.05) is 17.8 Å². The SMILES string of the molecule is COC(=O)Cc1ccc2c(c1)CCOC2CCN1CCSCC1. The lowest BCUT2D eigenvalue weighted by Crippen LogP contribution is -2.34. The van der Waals surface area contributed by atoms with Gasteiger partial charge in [0, 0.05) is 31.1 Å². The van der Waals surface area contributed by atoms with Crippen molar-refractivity contribution in [3.05, 3.63) is 34.9 Å². The summed E-state index contributed by atoms with van der Waals surface area (Å²) in [4.78, 5) is 14.0. The van der Waals surface area contributed by atoms with Gasteiger partial charge in [-0.2, -0.15) is 11.8 Å². The minimum atomic E-state index is -0.184. The first-order chi connectivity index (χ1) is 11.3. The van der Waals surface area contributed by atoms with Gasteiger partial charge in [-0.25, -0.2) is 0 Å². The van der Waals surface area contributed by atoms with Crippen molar-refractivity contribution in [2.45, 2.75) is 25.4 Å². The third-order valence-electron chi connectivity index (χ3n) is 4.63. The van der Waals surface area contributed by atoms with Gasteiger partial charge in [0.05, 0.1) is 26.2 Å². The van der Waals surface area contributed by atoms with Crippen LogP contribution in [0.25, 0.3) is 0 Å². The molecular weight excluding hydrogens is 310 g/mol. The minimum Gasteiger partial charge on any atom is -0.469 e. The van der Waals surface area contributed by atoms with Crippen LogP contribution >= 0.6 is 11.8 Å². The highest BCUT2D eigenvalue weighted by atomic mass is 32.2. The minimum absolute atomic E-state index is 0.184. The molecule has 1 fully saturated rings. The maximum Gasteiger partial charge on any atom is 0.309 e. The highest BCUT2D eigenvalue weighted by Crippen LogP contribution is 2.31. The molecule has 1 aromatic carbocycles. The summed E-state index contributed by atoms with van der Waals surface area (Å²) in [5.74, 6) is 2.31. The topological polar surface area (TPSA) is 38.8 Å². The van der Waals surface area contributed by atoms with Crippen molar-refractivity contribution in [3.63, 3.8) is 0 Å². The standard InChI is InChI=1S/C18H25NO3S/c1-21-18(20)13-14-2-3-16-15(12-14)5-9-22-17(16)4-6-19-7-10-23-11-8-19/h2-3,12,17H,4-11,13H2,1H3. The molecule has 0 saturated carbocycles. The van der Waals surface area contributed by atoms with Crippen LogP contribution in [0.3, 0.4) is 0 Å². The summed E-state index contributed by atoms with van der Waals surface area (Å²) in [5.41, 5.74) is 3.66. The number of hydrogen-bond acceptors (Lipinski definition) is 5. The fourth-order valence-corrected chi connectivity index (χ4v) is 4.28. The number of ether oxygens (including phenoxy) is 2. The zero-order chi connectivity index (χ0) is 16.1. The number of nitrogens with zero attached hydrogens (tertiary/aromatic N) is 1. The maximum atomic E-state index is 11.4. The second kappa shape index (κ2) is 8.18. The van der Waals surface area contributed by atoms with Crippen LogP contribution in [0.1, 0.15) is 29.2 Å². The van der Waals surface area contributed by atoms with Crippen molar-refractivity contribution in [2.24, 2.45) is 0 Å². The largest absolute Gasteiger partial charge is 0.469 e. The Bertz CT molecular complexity index is 543. The second-order valence-corrected chi connectivity index (χ2v) is 7.36. The number of rotatable bonds is 5. The Morgan fingerprint density at radius 2 is 2.22 bits per heavy atom. The molecule has 0 bridgehead atoms. The van der Waals surface area contributed by atoms with Gasteiger partial charge in [-0.3, -0.25) is 4.79 Å². The molecule has 23 heavy (non-hydrogen) atoms. The number of carbonyl (C=O) groups is 1. The number of esters is 1. The molecule has 3 rings (SSSR count). The molecule has 1 aromatic rings. The summed E-state index contributed by atoms with van der Waals surface area (Å²) in [7, 11) is 1.43. The van der Waals surface area contributed by atoms with Gasteiger partial charge in [0.25, 0.3) is 0 Å². The molecule has 0 spiro atoms. The Hall–Kier alpha value is -1.04. The molecule has 0 aliphatic carbocycles. The summed E-state index contributed by atoms with van der Waals surface area (Å²) in [5, 5.41) is 0. The highest BCUT2D eigenvalue weighted by Gasteiger charge is 2.22. The Labute approximate surface area is 142 Å². The van der Waals surface area contributed by atoms with Crippen molar-refractivity contribution in [3.8, 4) is 0 Å². The first-order valence-electron chi connectivity index (χ1n) is 8.36. The predicted octanol–water partition coefficient (Wildman–Crippen LogP) is 2.45. The molecule has 4 nitrogen and oxygen atoms in total. The van der Waals surface area contributed by atoms with Crippen LogP contribution in [0.4, 0.5) is 0 Å². The van der Waals surface area contributed by atoms with Crippen molar-refractivity contribution >= 4 is 17.7 Å². The Kier molecular flexibility index (Phi) is 5.97. The van der Waals surface area contributed by atoms with E-state index in [9.17, 15) is 4.79 Å². The van der Waals surface area contributed by atoms with E-state index < -0.39 is 0 Å². The lowest BCUT2D eigenvalue weighted by molar-refractivity contribution is -0.139. The monoisotopic (exact) mass is 335 g/mol. The van der Waals surface area contributed by atoms with Crippen molar-refractivity contribution in [1.82, 2.24) is 4.90 Å². The summed E-state index contributed by atoms with van der Waals surface area (Å²) in [6.07, 6.45) is 2.52. The van der Waals surface area contributed by atoms with E-state index in [4.69, 9.17) is 9.47 Å². The van der Waals surface area contributed by atoms with Gasteiger partial charge < -0.3 is 14.4 Å². The molecule has 1 saturated heterocycles. The highest BCUT2D eigenvalue weighted by molar-refractivity contribution is 7.99. The summed E-state index contributed by atoms with van der Waals surface area (Å²) in [6.45, 7) is 4.27. The molecule has 2 heterocycles. The fourth-order valence-electron chi connectivity index (χ4n) is 3.30. The Morgan fingerprint density at radius 1 is 1.39 bits per heavy atom. The quantitative estimate of drug-likeness (QED) is 0.773. The van der Waals surface area contributed by atoms with E-state index in [0.717, 1.165) is 31.6 Å². The lowest BCUT2D eigenvalue weighted by Gasteiger charge is -2.31. The number of fused-ring (bicyclic) bond motifs is 1. The van der Waals surface area contributed by atoms with Crippen molar-refractivity contribution in [1.29, 1.82) is 0 Å². The smallest absolute Gasteiger partial charge is 0.309 e. The normalized spacial score (nSPS) is 21.7. The zero-order valence-corrected chi connectivity index (χ0v) is 14.6. The third-order valence-corrected chi connectivity index (χ3v) is 5.57. The molecule has 126 valence electrons. The third kappa shape index (κ3) is 4.49. The first-order valence-corrected chi connectivity index (χ1v) is 9.52. The second-order valence-electron chi connectivity index (χ2n) is 6.14. The number of hydrogen-bond donors (Lipinski definition) is 0.